The van der Waals surface area contributed by atoms with Crippen molar-refractivity contribution in [3.05, 3.63) is 35.9 Å². The molecule has 138 valence electrons. The summed E-state index contributed by atoms with van der Waals surface area (Å²) in [6.45, 7) is -1.14. The zero-order chi connectivity index (χ0) is 18.5. The molecule has 1 aliphatic rings. The number of hydrogen-bond acceptors (Lipinski definition) is 3. The average Bonchev–Trinajstić information content (AvgIpc) is 2.60. The average molecular weight is 358 g/mol. The first-order valence-corrected chi connectivity index (χ1v) is 8.17. The number of benzene rings is 1. The van der Waals surface area contributed by atoms with Crippen LogP contribution < -0.4 is 10.6 Å². The van der Waals surface area contributed by atoms with Gasteiger partial charge in [-0.3, -0.25) is 9.59 Å². The van der Waals surface area contributed by atoms with Crippen molar-refractivity contribution in [2.45, 2.75) is 49.9 Å². The summed E-state index contributed by atoms with van der Waals surface area (Å²) in [5, 5.41) is 14.5. The quantitative estimate of drug-likeness (QED) is 0.721. The van der Waals surface area contributed by atoms with Gasteiger partial charge in [0.15, 0.2) is 0 Å². The third-order valence-electron chi connectivity index (χ3n) is 4.37. The van der Waals surface area contributed by atoms with Crippen LogP contribution in [0.15, 0.2) is 30.3 Å². The van der Waals surface area contributed by atoms with Crippen LogP contribution in [0.5, 0.6) is 0 Å². The summed E-state index contributed by atoms with van der Waals surface area (Å²) < 4.78 is 39.9. The van der Waals surface area contributed by atoms with Gasteiger partial charge in [-0.1, -0.05) is 49.6 Å². The van der Waals surface area contributed by atoms with Crippen molar-refractivity contribution in [1.29, 1.82) is 0 Å². The minimum absolute atomic E-state index is 0.136. The van der Waals surface area contributed by atoms with Crippen molar-refractivity contribution < 1.29 is 27.9 Å². The van der Waals surface area contributed by atoms with Gasteiger partial charge in [-0.25, -0.2) is 0 Å². The van der Waals surface area contributed by atoms with E-state index in [4.69, 9.17) is 0 Å². The molecule has 8 heteroatoms. The van der Waals surface area contributed by atoms with E-state index in [-0.39, 0.29) is 6.04 Å². The molecule has 1 atom stereocenters. The van der Waals surface area contributed by atoms with Crippen LogP contribution in [0, 0.1) is 0 Å². The predicted octanol–water partition coefficient (Wildman–Crippen LogP) is 2.00. The number of carbonyl (C=O) groups excluding carboxylic acids is 2. The van der Waals surface area contributed by atoms with Crippen LogP contribution in [0.4, 0.5) is 13.2 Å². The lowest BCUT2D eigenvalue weighted by molar-refractivity contribution is -0.264. The van der Waals surface area contributed by atoms with E-state index in [1.165, 1.54) is 18.2 Å². The van der Waals surface area contributed by atoms with Crippen LogP contribution in [0.25, 0.3) is 0 Å². The minimum atomic E-state index is -5.01. The summed E-state index contributed by atoms with van der Waals surface area (Å²) in [5.41, 5.74) is -3.68. The Balaban J connectivity index is 2.00. The van der Waals surface area contributed by atoms with Gasteiger partial charge in [-0.15, -0.1) is 0 Å². The molecule has 2 amide bonds. The molecule has 0 saturated heterocycles. The van der Waals surface area contributed by atoms with E-state index in [9.17, 15) is 27.9 Å². The van der Waals surface area contributed by atoms with Gasteiger partial charge in [-0.2, -0.15) is 13.2 Å². The number of rotatable bonds is 4. The molecule has 1 aromatic carbocycles. The lowest BCUT2D eigenvalue weighted by atomic mass is 9.93. The molecule has 5 nitrogen and oxygen atoms in total. The fourth-order valence-electron chi connectivity index (χ4n) is 2.87. The topological polar surface area (TPSA) is 78.4 Å². The number of amides is 2. The molecule has 1 aliphatic carbocycles. The summed E-state index contributed by atoms with van der Waals surface area (Å²) in [5.74, 6) is -2.17. The third-order valence-corrected chi connectivity index (χ3v) is 4.37. The molecule has 3 N–H and O–H groups in total. The SMILES string of the molecule is O=C(NCC(O)(c1ccccc1)C(F)(F)F)C(=O)NC1CCCCC1. The van der Waals surface area contributed by atoms with Gasteiger partial charge in [0.2, 0.25) is 5.60 Å². The van der Waals surface area contributed by atoms with Gasteiger partial charge >= 0.3 is 18.0 Å². The molecule has 0 heterocycles. The molecule has 25 heavy (non-hydrogen) atoms. The Labute approximate surface area is 143 Å². The van der Waals surface area contributed by atoms with Crippen LogP contribution >= 0.6 is 0 Å². The van der Waals surface area contributed by atoms with Crippen LogP contribution in [0.3, 0.4) is 0 Å². The Morgan fingerprint density at radius 3 is 2.20 bits per heavy atom. The molecule has 1 saturated carbocycles. The first kappa shape index (κ1) is 19.2. The van der Waals surface area contributed by atoms with Gasteiger partial charge < -0.3 is 15.7 Å². The Bertz CT molecular complexity index is 601. The second-order valence-corrected chi connectivity index (χ2v) is 6.22. The highest BCUT2D eigenvalue weighted by Gasteiger charge is 2.55. The van der Waals surface area contributed by atoms with E-state index in [1.807, 2.05) is 5.32 Å². The fourth-order valence-corrected chi connectivity index (χ4v) is 2.87. The second-order valence-electron chi connectivity index (χ2n) is 6.22. The summed E-state index contributed by atoms with van der Waals surface area (Å²) in [6.07, 6.45) is -0.580. The Morgan fingerprint density at radius 2 is 1.64 bits per heavy atom. The molecule has 0 aliphatic heterocycles. The van der Waals surface area contributed by atoms with Crippen molar-refractivity contribution in [3.63, 3.8) is 0 Å². The van der Waals surface area contributed by atoms with E-state index in [1.54, 1.807) is 0 Å². The van der Waals surface area contributed by atoms with Crippen molar-refractivity contribution in [2.24, 2.45) is 0 Å². The van der Waals surface area contributed by atoms with Crippen molar-refractivity contribution in [3.8, 4) is 0 Å². The minimum Gasteiger partial charge on any atom is -0.375 e. The zero-order valence-corrected chi connectivity index (χ0v) is 13.6. The lowest BCUT2D eigenvalue weighted by Crippen LogP contribution is -2.54. The molecule has 0 bridgehead atoms. The summed E-state index contributed by atoms with van der Waals surface area (Å²) >= 11 is 0. The predicted molar refractivity (Wildman–Crippen MR) is 84.4 cm³/mol. The molecular weight excluding hydrogens is 337 g/mol. The van der Waals surface area contributed by atoms with Crippen LogP contribution in [0.2, 0.25) is 0 Å². The smallest absolute Gasteiger partial charge is 0.375 e. The highest BCUT2D eigenvalue weighted by atomic mass is 19.4. The standard InChI is InChI=1S/C17H21F3N2O3/c18-17(19,20)16(25,12-7-3-1-4-8-12)11-21-14(23)15(24)22-13-9-5-2-6-10-13/h1,3-4,7-8,13,25H,2,5-6,9-11H2,(H,21,23)(H,22,24). The molecule has 0 radical (unpaired) electrons. The Morgan fingerprint density at radius 1 is 1.04 bits per heavy atom. The van der Waals surface area contributed by atoms with Crippen molar-refractivity contribution in [1.82, 2.24) is 10.6 Å². The number of alkyl halides is 3. The first-order valence-electron chi connectivity index (χ1n) is 8.17. The lowest BCUT2D eigenvalue weighted by Gasteiger charge is -2.31. The van der Waals surface area contributed by atoms with E-state index >= 15 is 0 Å². The molecule has 0 spiro atoms. The first-order chi connectivity index (χ1) is 11.7. The van der Waals surface area contributed by atoms with Crippen LogP contribution in [-0.2, 0) is 15.2 Å². The number of nitrogens with one attached hydrogen (secondary N) is 2. The van der Waals surface area contributed by atoms with Crippen molar-refractivity contribution in [2.75, 3.05) is 6.54 Å². The highest BCUT2D eigenvalue weighted by Crippen LogP contribution is 2.38. The molecule has 1 unspecified atom stereocenters. The van der Waals surface area contributed by atoms with Crippen molar-refractivity contribution >= 4 is 11.8 Å². The molecule has 1 fully saturated rings. The summed E-state index contributed by atoms with van der Waals surface area (Å²) in [4.78, 5) is 23.6. The van der Waals surface area contributed by atoms with E-state index < -0.39 is 35.7 Å². The Hall–Kier alpha value is -2.09. The van der Waals surface area contributed by atoms with Crippen LogP contribution in [0.1, 0.15) is 37.7 Å². The van der Waals surface area contributed by atoms with Gasteiger partial charge in [0.1, 0.15) is 0 Å². The molecule has 0 aromatic heterocycles. The maximum absolute atomic E-state index is 13.3. The summed E-state index contributed by atoms with van der Waals surface area (Å²) in [6, 6.07) is 6.30. The number of hydrogen-bond donors (Lipinski definition) is 3. The number of carbonyl (C=O) groups is 2. The number of aliphatic hydroxyl groups is 1. The number of halogens is 3. The van der Waals surface area contributed by atoms with E-state index in [2.05, 4.69) is 5.32 Å². The molecule has 1 aromatic rings. The molecular formula is C17H21F3N2O3. The normalized spacial score (nSPS) is 18.2. The maximum Gasteiger partial charge on any atom is 0.423 e. The maximum atomic E-state index is 13.3. The monoisotopic (exact) mass is 358 g/mol. The van der Waals surface area contributed by atoms with Gasteiger partial charge in [0.05, 0.1) is 6.54 Å². The van der Waals surface area contributed by atoms with E-state index in [0.29, 0.717) is 0 Å². The van der Waals surface area contributed by atoms with Gasteiger partial charge in [0, 0.05) is 6.04 Å². The summed E-state index contributed by atoms with van der Waals surface area (Å²) in [7, 11) is 0. The largest absolute Gasteiger partial charge is 0.423 e. The fraction of sp³-hybridized carbons (Fsp3) is 0.529. The van der Waals surface area contributed by atoms with Crippen LogP contribution in [-0.4, -0.2) is 35.7 Å². The molecule has 2 rings (SSSR count). The van der Waals surface area contributed by atoms with Gasteiger partial charge in [-0.05, 0) is 18.4 Å². The zero-order valence-electron chi connectivity index (χ0n) is 13.6. The Kier molecular flexibility index (Phi) is 6.05. The second kappa shape index (κ2) is 7.86. The van der Waals surface area contributed by atoms with Gasteiger partial charge in [0.25, 0.3) is 0 Å². The third kappa shape index (κ3) is 4.72. The highest BCUT2D eigenvalue weighted by molar-refractivity contribution is 6.35. The van der Waals surface area contributed by atoms with E-state index in [0.717, 1.165) is 44.2 Å².